The van der Waals surface area contributed by atoms with Crippen molar-refractivity contribution >= 4 is 35.1 Å². The molecule has 0 bridgehead atoms. The van der Waals surface area contributed by atoms with Crippen molar-refractivity contribution in [1.29, 1.82) is 0 Å². The molecule has 2 aromatic rings. The van der Waals surface area contributed by atoms with E-state index in [0.29, 0.717) is 16.3 Å². The molecule has 0 aromatic heterocycles. The van der Waals surface area contributed by atoms with E-state index in [2.05, 4.69) is 10.1 Å². The Morgan fingerprint density at radius 1 is 1.00 bits per heavy atom. The highest BCUT2D eigenvalue weighted by molar-refractivity contribution is 6.30. The average Bonchev–Trinajstić information content (AvgIpc) is 2.68. The lowest BCUT2D eigenvalue weighted by Gasteiger charge is -2.20. The van der Waals surface area contributed by atoms with Crippen molar-refractivity contribution in [2.24, 2.45) is 5.92 Å². The fourth-order valence-electron chi connectivity index (χ4n) is 2.69. The molecular weight excluding hydrogens is 382 g/mol. The maximum atomic E-state index is 12.5. The maximum Gasteiger partial charge on any atom is 0.337 e. The number of nitrogens with one attached hydrogen (secondary N) is 1. The fraction of sp³-hybridized carbons (Fsp3) is 0.286. The molecule has 7 heteroatoms. The Kier molecular flexibility index (Phi) is 7.58. The largest absolute Gasteiger partial charge is 0.465 e. The number of esters is 2. The van der Waals surface area contributed by atoms with Crippen LogP contribution in [-0.4, -0.2) is 31.6 Å². The summed E-state index contributed by atoms with van der Waals surface area (Å²) in [6, 6.07) is 13.2. The predicted octanol–water partition coefficient (Wildman–Crippen LogP) is 4.05. The number of halogens is 1. The van der Waals surface area contributed by atoms with Gasteiger partial charge < -0.3 is 14.8 Å². The topological polar surface area (TPSA) is 81.7 Å². The third-order valence-electron chi connectivity index (χ3n) is 4.08. The van der Waals surface area contributed by atoms with Crippen LogP contribution in [0.1, 0.15) is 35.7 Å². The van der Waals surface area contributed by atoms with Gasteiger partial charge in [-0.25, -0.2) is 4.79 Å². The minimum atomic E-state index is -0.496. The number of carbonyl (C=O) groups is 3. The summed E-state index contributed by atoms with van der Waals surface area (Å²) in [5.41, 5.74) is 1.63. The van der Waals surface area contributed by atoms with Crippen molar-refractivity contribution < 1.29 is 23.9 Å². The van der Waals surface area contributed by atoms with Gasteiger partial charge in [0, 0.05) is 10.7 Å². The zero-order valence-corrected chi connectivity index (χ0v) is 16.7. The molecule has 0 aliphatic rings. The van der Waals surface area contributed by atoms with Gasteiger partial charge in [-0.2, -0.15) is 0 Å². The number of benzene rings is 2. The van der Waals surface area contributed by atoms with E-state index < -0.39 is 30.4 Å². The Morgan fingerprint density at radius 2 is 1.61 bits per heavy atom. The van der Waals surface area contributed by atoms with Crippen molar-refractivity contribution in [2.75, 3.05) is 19.0 Å². The molecule has 2 aromatic carbocycles. The van der Waals surface area contributed by atoms with E-state index in [4.69, 9.17) is 16.3 Å². The fourth-order valence-corrected chi connectivity index (χ4v) is 2.82. The number of anilines is 1. The second-order valence-electron chi connectivity index (χ2n) is 6.50. The first kappa shape index (κ1) is 21.4. The molecule has 1 amide bonds. The van der Waals surface area contributed by atoms with Crippen molar-refractivity contribution in [3.63, 3.8) is 0 Å². The van der Waals surface area contributed by atoms with Gasteiger partial charge in [-0.05, 0) is 47.9 Å². The number of amides is 1. The Labute approximate surface area is 168 Å². The molecule has 0 aliphatic heterocycles. The zero-order valence-electron chi connectivity index (χ0n) is 15.9. The highest BCUT2D eigenvalue weighted by Gasteiger charge is 2.26. The number of hydrogen-bond donors (Lipinski definition) is 1. The molecule has 0 heterocycles. The number of hydrogen-bond acceptors (Lipinski definition) is 5. The summed E-state index contributed by atoms with van der Waals surface area (Å²) in [6.07, 6.45) is 0. The van der Waals surface area contributed by atoms with Gasteiger partial charge in [0.2, 0.25) is 0 Å². The van der Waals surface area contributed by atoms with E-state index >= 15 is 0 Å². The van der Waals surface area contributed by atoms with Gasteiger partial charge in [0.15, 0.2) is 6.61 Å². The van der Waals surface area contributed by atoms with Gasteiger partial charge in [-0.1, -0.05) is 37.6 Å². The van der Waals surface area contributed by atoms with Crippen LogP contribution in [0.4, 0.5) is 5.69 Å². The second-order valence-corrected chi connectivity index (χ2v) is 6.93. The van der Waals surface area contributed by atoms with Crippen LogP contribution in [-0.2, 0) is 19.1 Å². The monoisotopic (exact) mass is 403 g/mol. The number of methoxy groups -OCH3 is 1. The summed E-state index contributed by atoms with van der Waals surface area (Å²) in [5, 5.41) is 3.19. The lowest BCUT2D eigenvalue weighted by molar-refractivity contribution is -0.149. The van der Waals surface area contributed by atoms with Gasteiger partial charge in [-0.15, -0.1) is 0 Å². The molecule has 0 saturated heterocycles. The minimum Gasteiger partial charge on any atom is -0.465 e. The molecule has 1 atom stereocenters. The van der Waals surface area contributed by atoms with E-state index in [9.17, 15) is 14.4 Å². The standard InChI is InChI=1S/C21H22ClNO5/c1-13(2)19(14-4-8-16(22)9-5-14)21(26)28-12-18(24)23-17-10-6-15(7-11-17)20(25)27-3/h4-11,13,19H,12H2,1-3H3,(H,23,24)/t19-/m1/s1. The van der Waals surface area contributed by atoms with E-state index in [1.807, 2.05) is 13.8 Å². The van der Waals surface area contributed by atoms with Crippen LogP contribution in [0.3, 0.4) is 0 Å². The van der Waals surface area contributed by atoms with Crippen LogP contribution >= 0.6 is 11.6 Å². The lowest BCUT2D eigenvalue weighted by atomic mass is 9.88. The van der Waals surface area contributed by atoms with Crippen molar-refractivity contribution in [2.45, 2.75) is 19.8 Å². The van der Waals surface area contributed by atoms with Crippen LogP contribution in [0.15, 0.2) is 48.5 Å². The van der Waals surface area contributed by atoms with Gasteiger partial charge in [-0.3, -0.25) is 9.59 Å². The molecule has 1 N–H and O–H groups in total. The number of rotatable bonds is 7. The molecule has 0 fully saturated rings. The van der Waals surface area contributed by atoms with Crippen LogP contribution in [0.25, 0.3) is 0 Å². The highest BCUT2D eigenvalue weighted by atomic mass is 35.5. The normalized spacial score (nSPS) is 11.6. The lowest BCUT2D eigenvalue weighted by Crippen LogP contribution is -2.26. The summed E-state index contributed by atoms with van der Waals surface area (Å²) >= 11 is 5.90. The Morgan fingerprint density at radius 3 is 2.14 bits per heavy atom. The summed E-state index contributed by atoms with van der Waals surface area (Å²) in [4.78, 5) is 36.0. The predicted molar refractivity (Wildman–Crippen MR) is 106 cm³/mol. The Hall–Kier alpha value is -2.86. The molecular formula is C21H22ClNO5. The average molecular weight is 404 g/mol. The van der Waals surface area contributed by atoms with Gasteiger partial charge in [0.1, 0.15) is 0 Å². The zero-order chi connectivity index (χ0) is 20.7. The molecule has 0 unspecified atom stereocenters. The van der Waals surface area contributed by atoms with E-state index in [0.717, 1.165) is 5.56 Å². The van der Waals surface area contributed by atoms with Crippen LogP contribution in [0.2, 0.25) is 5.02 Å². The maximum absolute atomic E-state index is 12.5. The molecule has 0 aliphatic carbocycles. The first-order chi connectivity index (χ1) is 13.3. The van der Waals surface area contributed by atoms with Gasteiger partial charge in [0.05, 0.1) is 18.6 Å². The third-order valence-corrected chi connectivity index (χ3v) is 4.34. The molecule has 28 heavy (non-hydrogen) atoms. The Bertz CT molecular complexity index is 831. The first-order valence-electron chi connectivity index (χ1n) is 8.72. The van der Waals surface area contributed by atoms with Crippen LogP contribution < -0.4 is 5.32 Å². The molecule has 6 nitrogen and oxygen atoms in total. The first-order valence-corrected chi connectivity index (χ1v) is 9.10. The molecule has 148 valence electrons. The Balaban J connectivity index is 1.94. The quantitative estimate of drug-likeness (QED) is 0.705. The molecule has 0 radical (unpaired) electrons. The SMILES string of the molecule is COC(=O)c1ccc(NC(=O)COC(=O)[C@@H](c2ccc(Cl)cc2)C(C)C)cc1. The molecule has 0 spiro atoms. The van der Waals surface area contributed by atoms with Crippen LogP contribution in [0, 0.1) is 5.92 Å². The highest BCUT2D eigenvalue weighted by Crippen LogP contribution is 2.27. The molecule has 2 rings (SSSR count). The second kappa shape index (κ2) is 9.90. The summed E-state index contributed by atoms with van der Waals surface area (Å²) in [7, 11) is 1.29. The van der Waals surface area contributed by atoms with E-state index in [1.165, 1.54) is 19.2 Å². The van der Waals surface area contributed by atoms with E-state index in [-0.39, 0.29) is 5.92 Å². The van der Waals surface area contributed by atoms with Gasteiger partial charge >= 0.3 is 11.9 Å². The minimum absolute atomic E-state index is 0.0115. The number of carbonyl (C=O) groups excluding carboxylic acids is 3. The third kappa shape index (κ3) is 5.82. The summed E-state index contributed by atoms with van der Waals surface area (Å²) < 4.78 is 9.82. The smallest absolute Gasteiger partial charge is 0.337 e. The van der Waals surface area contributed by atoms with Crippen molar-refractivity contribution in [1.82, 2.24) is 0 Å². The van der Waals surface area contributed by atoms with Crippen LogP contribution in [0.5, 0.6) is 0 Å². The van der Waals surface area contributed by atoms with Crippen molar-refractivity contribution in [3.05, 3.63) is 64.7 Å². The van der Waals surface area contributed by atoms with Gasteiger partial charge in [0.25, 0.3) is 5.91 Å². The summed E-state index contributed by atoms with van der Waals surface area (Å²) in [6.45, 7) is 3.40. The summed E-state index contributed by atoms with van der Waals surface area (Å²) in [5.74, 6) is -1.92. The van der Waals surface area contributed by atoms with Crippen molar-refractivity contribution in [3.8, 4) is 0 Å². The number of ether oxygens (including phenoxy) is 2. The van der Waals surface area contributed by atoms with E-state index in [1.54, 1.807) is 36.4 Å². The molecule has 0 saturated carbocycles.